The second kappa shape index (κ2) is 10.9. The molecule has 10 heteroatoms. The number of hydrogen-bond donors (Lipinski definition) is 3. The Balaban J connectivity index is 1.60. The summed E-state index contributed by atoms with van der Waals surface area (Å²) in [5.74, 6) is -1.71. The number of fused-ring (bicyclic) bond motifs is 3. The molecule has 1 aromatic carbocycles. The number of nitrogens with zero attached hydrogens (tertiary/aromatic N) is 5. The minimum absolute atomic E-state index is 0.0328. The van der Waals surface area contributed by atoms with E-state index in [-0.39, 0.29) is 24.8 Å². The molecule has 3 N–H and O–H groups in total. The Labute approximate surface area is 239 Å². The molecule has 1 aliphatic carbocycles. The Kier molecular flexibility index (Phi) is 7.29. The normalized spacial score (nSPS) is 18.3. The smallest absolute Gasteiger partial charge is 0.248 e. The molecule has 41 heavy (non-hydrogen) atoms. The van der Waals surface area contributed by atoms with Crippen LogP contribution in [0.3, 0.4) is 0 Å². The molecule has 1 aliphatic heterocycles. The van der Waals surface area contributed by atoms with Crippen LogP contribution in [0.5, 0.6) is 0 Å². The van der Waals surface area contributed by atoms with Gasteiger partial charge >= 0.3 is 0 Å². The van der Waals surface area contributed by atoms with Crippen LogP contribution in [0.1, 0.15) is 49.8 Å². The summed E-state index contributed by atoms with van der Waals surface area (Å²) in [6.45, 7) is 3.66. The molecule has 2 aliphatic rings. The van der Waals surface area contributed by atoms with Gasteiger partial charge in [-0.25, -0.2) is 13.8 Å². The first kappa shape index (κ1) is 27.4. The molecule has 1 fully saturated rings. The molecule has 0 amide bonds. The molecule has 0 spiro atoms. The van der Waals surface area contributed by atoms with E-state index in [2.05, 4.69) is 50.0 Å². The van der Waals surface area contributed by atoms with Gasteiger partial charge < -0.3 is 20.2 Å². The summed E-state index contributed by atoms with van der Waals surface area (Å²) in [7, 11) is 5.94. The maximum Gasteiger partial charge on any atom is 0.248 e. The van der Waals surface area contributed by atoms with E-state index in [1.807, 2.05) is 63.5 Å². The van der Waals surface area contributed by atoms with Crippen molar-refractivity contribution >= 4 is 33.6 Å². The van der Waals surface area contributed by atoms with E-state index in [1.165, 1.54) is 0 Å². The van der Waals surface area contributed by atoms with Crippen LogP contribution in [-0.4, -0.2) is 59.7 Å². The van der Waals surface area contributed by atoms with Crippen molar-refractivity contribution in [2.45, 2.75) is 44.6 Å². The third-order valence-corrected chi connectivity index (χ3v) is 8.56. The number of alkyl halides is 2. The van der Waals surface area contributed by atoms with Gasteiger partial charge in [-0.15, -0.1) is 5.53 Å². The molecule has 4 aromatic rings. The van der Waals surface area contributed by atoms with Crippen LogP contribution in [0.4, 0.5) is 14.6 Å². The average molecular weight is 561 g/mol. The maximum atomic E-state index is 14.4. The first-order valence-electron chi connectivity index (χ1n) is 14.3. The number of allylic oxidation sites excluding steroid dienone is 1. The van der Waals surface area contributed by atoms with Crippen molar-refractivity contribution in [3.05, 3.63) is 71.6 Å². The lowest BCUT2D eigenvalue weighted by atomic mass is 9.79. The number of anilines is 1. The van der Waals surface area contributed by atoms with Crippen LogP contribution in [0.15, 0.2) is 60.4 Å². The van der Waals surface area contributed by atoms with Crippen molar-refractivity contribution in [1.82, 2.24) is 35.8 Å². The zero-order chi connectivity index (χ0) is 28.7. The molecule has 8 nitrogen and oxygen atoms in total. The monoisotopic (exact) mass is 560 g/mol. The number of likely N-dealkylation sites (N-methyl/N-ethyl adjacent to an activating group) is 2. The van der Waals surface area contributed by atoms with Gasteiger partial charge in [0.1, 0.15) is 11.5 Å². The molecule has 4 heterocycles. The van der Waals surface area contributed by atoms with Gasteiger partial charge in [-0.3, -0.25) is 9.99 Å². The molecule has 1 unspecified atom stereocenters. The van der Waals surface area contributed by atoms with Crippen molar-refractivity contribution in [3.63, 3.8) is 0 Å². The number of aromatic nitrogens is 3. The zero-order valence-electron chi connectivity index (χ0n) is 24.1. The average Bonchev–Trinajstić information content (AvgIpc) is 3.48. The number of halogens is 2. The highest BCUT2D eigenvalue weighted by atomic mass is 19.3. The van der Waals surface area contributed by atoms with Crippen LogP contribution < -0.4 is 21.2 Å². The van der Waals surface area contributed by atoms with E-state index in [1.54, 1.807) is 0 Å². The predicted octanol–water partition coefficient (Wildman–Crippen LogP) is 5.30. The molecule has 1 saturated carbocycles. The number of rotatable bonds is 8. The Morgan fingerprint density at radius 1 is 1.15 bits per heavy atom. The van der Waals surface area contributed by atoms with Crippen molar-refractivity contribution in [2.24, 2.45) is 5.92 Å². The SMILES string of the molecule is CNCCN(C)c1ccc2c3ncc(C4=C(C)NNN4C)cc3n(C(c3ccccc3)C3CCC(F)(F)CC3)c2n1. The van der Waals surface area contributed by atoms with Gasteiger partial charge in [-0.05, 0) is 56.5 Å². The summed E-state index contributed by atoms with van der Waals surface area (Å²) in [6.07, 6.45) is 2.61. The van der Waals surface area contributed by atoms with Crippen molar-refractivity contribution < 1.29 is 8.78 Å². The van der Waals surface area contributed by atoms with Crippen molar-refractivity contribution in [1.29, 1.82) is 0 Å². The molecule has 1 atom stereocenters. The van der Waals surface area contributed by atoms with Gasteiger partial charge in [0.2, 0.25) is 5.92 Å². The lowest BCUT2D eigenvalue weighted by Crippen LogP contribution is -2.34. The van der Waals surface area contributed by atoms with Crippen LogP contribution in [0.25, 0.3) is 27.8 Å². The van der Waals surface area contributed by atoms with Crippen molar-refractivity contribution in [3.8, 4) is 0 Å². The number of pyridine rings is 2. The van der Waals surface area contributed by atoms with Crippen molar-refractivity contribution in [2.75, 3.05) is 39.1 Å². The fourth-order valence-electron chi connectivity index (χ4n) is 6.39. The van der Waals surface area contributed by atoms with E-state index >= 15 is 0 Å². The Morgan fingerprint density at radius 3 is 2.59 bits per heavy atom. The van der Waals surface area contributed by atoms with Crippen LogP contribution in [0, 0.1) is 5.92 Å². The molecular formula is C31H38F2N8. The van der Waals surface area contributed by atoms with Crippen LogP contribution >= 0.6 is 0 Å². The van der Waals surface area contributed by atoms with E-state index in [9.17, 15) is 8.78 Å². The third-order valence-electron chi connectivity index (χ3n) is 8.56. The van der Waals surface area contributed by atoms with Gasteiger partial charge in [-0.2, -0.15) is 0 Å². The molecule has 3 aromatic heterocycles. The first-order chi connectivity index (χ1) is 19.8. The molecule has 0 saturated heterocycles. The van der Waals surface area contributed by atoms with Crippen LogP contribution in [0.2, 0.25) is 0 Å². The molecule has 0 radical (unpaired) electrons. The summed E-state index contributed by atoms with van der Waals surface area (Å²) >= 11 is 0. The first-order valence-corrected chi connectivity index (χ1v) is 14.3. The Morgan fingerprint density at radius 2 is 1.90 bits per heavy atom. The van der Waals surface area contributed by atoms with E-state index in [4.69, 9.17) is 9.97 Å². The van der Waals surface area contributed by atoms with E-state index < -0.39 is 5.92 Å². The number of nitrogens with one attached hydrogen (secondary N) is 3. The zero-order valence-corrected chi connectivity index (χ0v) is 24.1. The highest BCUT2D eigenvalue weighted by Gasteiger charge is 2.39. The summed E-state index contributed by atoms with van der Waals surface area (Å²) in [5, 5.41) is 6.10. The second-order valence-electron chi connectivity index (χ2n) is 11.3. The second-order valence-corrected chi connectivity index (χ2v) is 11.3. The molecule has 216 valence electrons. The van der Waals surface area contributed by atoms with Gasteiger partial charge in [0.05, 0.1) is 28.5 Å². The van der Waals surface area contributed by atoms with Gasteiger partial charge in [0.15, 0.2) is 0 Å². The lowest BCUT2D eigenvalue weighted by Gasteiger charge is -2.35. The maximum absolute atomic E-state index is 14.4. The minimum Gasteiger partial charge on any atom is -0.358 e. The van der Waals surface area contributed by atoms with Gasteiger partial charge in [-0.1, -0.05) is 30.3 Å². The Bertz CT molecular complexity index is 1570. The Hall–Kier alpha value is -3.76. The molecular weight excluding hydrogens is 522 g/mol. The fraction of sp³-hybridized carbons (Fsp3) is 0.419. The largest absolute Gasteiger partial charge is 0.358 e. The highest BCUT2D eigenvalue weighted by Crippen LogP contribution is 2.46. The van der Waals surface area contributed by atoms with Gasteiger partial charge in [0.25, 0.3) is 0 Å². The summed E-state index contributed by atoms with van der Waals surface area (Å²) in [5.41, 5.74) is 13.0. The summed E-state index contributed by atoms with van der Waals surface area (Å²) < 4.78 is 31.0. The van der Waals surface area contributed by atoms with E-state index in [0.717, 1.165) is 63.5 Å². The summed E-state index contributed by atoms with van der Waals surface area (Å²) in [4.78, 5) is 12.3. The quantitative estimate of drug-likeness (QED) is 0.270. The fourth-order valence-corrected chi connectivity index (χ4v) is 6.39. The van der Waals surface area contributed by atoms with Crippen LogP contribution in [-0.2, 0) is 0 Å². The van der Waals surface area contributed by atoms with E-state index in [0.29, 0.717) is 12.8 Å². The minimum atomic E-state index is -2.61. The molecule has 6 rings (SSSR count). The van der Waals surface area contributed by atoms with Gasteiger partial charge in [0, 0.05) is 57.2 Å². The lowest BCUT2D eigenvalue weighted by molar-refractivity contribution is -0.0493. The molecule has 0 bridgehead atoms. The summed E-state index contributed by atoms with van der Waals surface area (Å²) in [6, 6.07) is 16.4. The number of hydrogen-bond acceptors (Lipinski definition) is 7. The highest BCUT2D eigenvalue weighted by molar-refractivity contribution is 6.05. The third kappa shape index (κ3) is 5.10. The predicted molar refractivity (Wildman–Crippen MR) is 160 cm³/mol. The standard InChI is InChI=1S/C31H38F2N8/c1-20-28(40(4)38-37-20)23-18-25-27(35-19-23)24-10-11-26(39(3)17-16-34-2)36-30(24)41(25)29(21-8-6-5-7-9-21)22-12-14-31(32,33)15-13-22/h5-11,18-19,22,29,34,37-38H,12-17H2,1-4H3. The number of benzene rings is 1. The topological polar surface area (TPSA) is 73.3 Å². The number of hydrazine groups is 2.